The molecule has 21 heteroatoms. The van der Waals surface area contributed by atoms with Gasteiger partial charge in [0.1, 0.15) is 17.2 Å². The second-order valence-electron chi connectivity index (χ2n) is 16.8. The number of amides is 6. The minimum absolute atomic E-state index is 0.0283. The summed E-state index contributed by atoms with van der Waals surface area (Å²) in [6, 6.07) is 2.95. The van der Waals surface area contributed by atoms with Crippen LogP contribution in [0.1, 0.15) is 80.2 Å². The van der Waals surface area contributed by atoms with Gasteiger partial charge in [0.05, 0.1) is 77.4 Å². The van der Waals surface area contributed by atoms with Crippen molar-refractivity contribution in [1.82, 2.24) is 26.6 Å². The summed E-state index contributed by atoms with van der Waals surface area (Å²) in [6.45, 7) is 14.1. The zero-order valence-electron chi connectivity index (χ0n) is 38.7. The molecule has 0 saturated carbocycles. The molecule has 0 aromatic heterocycles. The van der Waals surface area contributed by atoms with Gasteiger partial charge >= 0.3 is 18.0 Å². The molecular formula is C44H66N6O15. The molecule has 0 bridgehead atoms. The highest BCUT2D eigenvalue weighted by Gasteiger charge is 2.28. The van der Waals surface area contributed by atoms with Crippen molar-refractivity contribution in [3.8, 4) is 17.6 Å². The van der Waals surface area contributed by atoms with Crippen LogP contribution in [0.3, 0.4) is 0 Å². The van der Waals surface area contributed by atoms with E-state index >= 15 is 0 Å². The number of nitrogens with one attached hydrogen (secondary N) is 6. The fourth-order valence-corrected chi connectivity index (χ4v) is 5.48. The number of anilines is 1. The van der Waals surface area contributed by atoms with E-state index in [9.17, 15) is 38.4 Å². The van der Waals surface area contributed by atoms with Crippen molar-refractivity contribution in [3.05, 3.63) is 23.8 Å². The molecule has 3 atom stereocenters. The van der Waals surface area contributed by atoms with E-state index in [-0.39, 0.29) is 103 Å². The minimum Gasteiger partial charge on any atom is -0.460 e. The Morgan fingerprint density at radius 2 is 1.31 bits per heavy atom. The molecule has 0 radical (unpaired) electrons. The number of hydrogen-bond acceptors (Lipinski definition) is 15. The van der Waals surface area contributed by atoms with E-state index in [1.807, 2.05) is 0 Å². The van der Waals surface area contributed by atoms with Gasteiger partial charge in [-0.3, -0.25) is 33.6 Å². The maximum atomic E-state index is 13.3. The van der Waals surface area contributed by atoms with Crippen molar-refractivity contribution in [2.75, 3.05) is 77.8 Å². The van der Waals surface area contributed by atoms with E-state index in [0.717, 1.165) is 0 Å². The van der Waals surface area contributed by atoms with Gasteiger partial charge in [-0.25, -0.2) is 4.79 Å². The summed E-state index contributed by atoms with van der Waals surface area (Å²) in [5.74, 6) is -0.617. The van der Waals surface area contributed by atoms with Crippen LogP contribution in [-0.2, 0) is 68.4 Å². The number of benzene rings is 1. The van der Waals surface area contributed by atoms with E-state index in [0.29, 0.717) is 5.56 Å². The summed E-state index contributed by atoms with van der Waals surface area (Å²) >= 11 is 0. The Balaban J connectivity index is 2.24. The Hall–Kier alpha value is -5.82. The van der Waals surface area contributed by atoms with Crippen LogP contribution >= 0.6 is 0 Å². The molecule has 1 heterocycles. The average molecular weight is 919 g/mol. The molecule has 21 nitrogen and oxygen atoms in total. The summed E-state index contributed by atoms with van der Waals surface area (Å²) in [5.41, 5.74) is -0.917. The third-order valence-corrected chi connectivity index (χ3v) is 8.41. The van der Waals surface area contributed by atoms with Crippen LogP contribution in [0.25, 0.3) is 0 Å². The largest absolute Gasteiger partial charge is 0.460 e. The lowest BCUT2D eigenvalue weighted by molar-refractivity contribution is -0.159. The molecule has 1 aliphatic rings. The Bertz CT molecular complexity index is 1830. The van der Waals surface area contributed by atoms with Gasteiger partial charge in [0.25, 0.3) is 11.8 Å². The summed E-state index contributed by atoms with van der Waals surface area (Å²) in [7, 11) is 0. The van der Waals surface area contributed by atoms with Gasteiger partial charge in [-0.05, 0) is 79.0 Å². The van der Waals surface area contributed by atoms with Gasteiger partial charge in [-0.1, -0.05) is 13.0 Å². The highest BCUT2D eigenvalue weighted by molar-refractivity contribution is 6.02. The van der Waals surface area contributed by atoms with E-state index in [2.05, 4.69) is 43.7 Å². The number of rotatable bonds is 6. The molecule has 0 saturated heterocycles. The molecule has 1 aliphatic heterocycles. The number of fused-ring (bicyclic) bond motifs is 1. The first-order valence-corrected chi connectivity index (χ1v) is 21.4. The number of carbonyl (C=O) groups is 8. The first-order chi connectivity index (χ1) is 30.6. The maximum absolute atomic E-state index is 13.3. The lowest BCUT2D eigenvalue weighted by atomic mass is 9.95. The Morgan fingerprint density at radius 3 is 1.88 bits per heavy atom. The second-order valence-corrected chi connectivity index (χ2v) is 16.8. The molecule has 65 heavy (non-hydrogen) atoms. The second kappa shape index (κ2) is 28.9. The number of alkyl carbamates (subject to hydrolysis) is 1. The molecule has 6 N–H and O–H groups in total. The third kappa shape index (κ3) is 26.5. The van der Waals surface area contributed by atoms with E-state index in [4.69, 9.17) is 33.2 Å². The quantitative estimate of drug-likeness (QED) is 0.132. The zero-order valence-corrected chi connectivity index (χ0v) is 38.7. The van der Waals surface area contributed by atoms with Crippen molar-refractivity contribution in [2.45, 2.75) is 104 Å². The van der Waals surface area contributed by atoms with Gasteiger partial charge < -0.3 is 65.1 Å². The van der Waals surface area contributed by atoms with Gasteiger partial charge in [0.15, 0.2) is 5.75 Å². The van der Waals surface area contributed by atoms with Crippen LogP contribution in [0.4, 0.5) is 10.5 Å². The lowest BCUT2D eigenvalue weighted by Gasteiger charge is -2.27. The molecule has 362 valence electrons. The smallest absolute Gasteiger partial charge is 0.407 e. The highest BCUT2D eigenvalue weighted by atomic mass is 16.6. The molecule has 6 amide bonds. The van der Waals surface area contributed by atoms with Gasteiger partial charge in [-0.2, -0.15) is 0 Å². The first-order valence-electron chi connectivity index (χ1n) is 21.4. The normalized spacial score (nSPS) is 19.2. The van der Waals surface area contributed by atoms with Gasteiger partial charge in [0.2, 0.25) is 17.7 Å². The zero-order chi connectivity index (χ0) is 48.4. The molecule has 1 aromatic rings. The Kier molecular flexibility index (Phi) is 24.6. The van der Waals surface area contributed by atoms with Crippen molar-refractivity contribution >= 4 is 53.3 Å². The number of carbonyl (C=O) groups excluding carboxylic acids is 8. The van der Waals surface area contributed by atoms with Crippen LogP contribution in [0.5, 0.6) is 5.75 Å². The fourth-order valence-electron chi connectivity index (χ4n) is 5.48. The molecule has 1 aromatic carbocycles. The molecule has 0 fully saturated rings. The summed E-state index contributed by atoms with van der Waals surface area (Å²) in [4.78, 5) is 101. The minimum atomic E-state index is -1.01. The van der Waals surface area contributed by atoms with E-state index in [1.54, 1.807) is 54.5 Å². The third-order valence-electron chi connectivity index (χ3n) is 8.41. The molecule has 2 unspecified atom stereocenters. The van der Waals surface area contributed by atoms with Crippen molar-refractivity contribution < 1.29 is 71.5 Å². The molecular weight excluding hydrogens is 853 g/mol. The molecule has 2 rings (SSSR count). The fraction of sp³-hybridized carbons (Fsp3) is 0.636. The van der Waals surface area contributed by atoms with Gasteiger partial charge in [0, 0.05) is 37.4 Å². The van der Waals surface area contributed by atoms with Crippen LogP contribution in [-0.4, -0.2) is 143 Å². The topological polar surface area (TPSA) is 273 Å². The van der Waals surface area contributed by atoms with Crippen molar-refractivity contribution in [1.29, 1.82) is 0 Å². The maximum Gasteiger partial charge on any atom is 0.407 e. The molecule has 0 spiro atoms. The highest BCUT2D eigenvalue weighted by Crippen LogP contribution is 2.28. The first kappa shape index (κ1) is 55.3. The standard InChI is InChI=1S/C44H66N6O15/c1-29(41(57)64-43(3,4)5)25-32(49-42(58)65-44(6,7)8)26-31-9-10-34-33(27-31)50-38(54)28-47-40(56)30(2)48-37(53)13-17-59-21-23-61-19-15-45-35(51)11-12-36(52)46-16-20-62-24-22-60-18-14-39(55)63-34/h9-10,27,29-30,32H,13-26,28H2,1-8H3,(H,45,51)(H,46,52)(H,47,56)(H,48,53)(H,49,58)(H,50,54)/t29?,30?,32-/m1/s1. The number of esters is 2. The Morgan fingerprint density at radius 1 is 0.754 bits per heavy atom. The van der Waals surface area contributed by atoms with Crippen LogP contribution in [0.15, 0.2) is 18.2 Å². The van der Waals surface area contributed by atoms with Crippen molar-refractivity contribution in [3.63, 3.8) is 0 Å². The number of hydrogen-bond donors (Lipinski definition) is 6. The predicted octanol–water partition coefficient (Wildman–Crippen LogP) is 1.05. The monoisotopic (exact) mass is 918 g/mol. The van der Waals surface area contributed by atoms with E-state index < -0.39 is 83.3 Å². The van der Waals surface area contributed by atoms with Crippen molar-refractivity contribution in [2.24, 2.45) is 5.92 Å². The SMILES string of the molecule is CC(C[C@H](Cc1ccc2c(c1)NC(=O)CNC(=O)C(C)NC(=O)CCOCCOCCNC(=O)C#CC(=O)NCCOCCOCCC(=O)O2)NC(=O)OC(C)(C)C)C(=O)OC(C)(C)C. The summed E-state index contributed by atoms with van der Waals surface area (Å²) in [6.07, 6.45) is -0.648. The van der Waals surface area contributed by atoms with Gasteiger partial charge in [-0.15, -0.1) is 0 Å². The summed E-state index contributed by atoms with van der Waals surface area (Å²) in [5, 5.41) is 15.5. The van der Waals surface area contributed by atoms with Crippen LogP contribution < -0.4 is 36.6 Å². The van der Waals surface area contributed by atoms with E-state index in [1.165, 1.54) is 19.1 Å². The summed E-state index contributed by atoms with van der Waals surface area (Å²) < 4.78 is 38.3. The van der Waals surface area contributed by atoms with Crippen LogP contribution in [0, 0.1) is 17.8 Å². The lowest BCUT2D eigenvalue weighted by Crippen LogP contribution is -2.46. The number of ether oxygens (including phenoxy) is 7. The molecule has 0 aliphatic carbocycles. The van der Waals surface area contributed by atoms with Crippen LogP contribution in [0.2, 0.25) is 0 Å². The predicted molar refractivity (Wildman–Crippen MR) is 234 cm³/mol. The average Bonchev–Trinajstić information content (AvgIpc) is 3.19. The Labute approximate surface area is 380 Å².